The van der Waals surface area contributed by atoms with Crippen LogP contribution < -0.4 is 4.90 Å². The summed E-state index contributed by atoms with van der Waals surface area (Å²) in [4.78, 5) is 25.4. The maximum absolute atomic E-state index is 9.60. The molecule has 0 aromatic heterocycles. The van der Waals surface area contributed by atoms with Crippen molar-refractivity contribution < 1.29 is 14.3 Å². The lowest BCUT2D eigenvalue weighted by Gasteiger charge is -2.34. The Labute approximate surface area is 176 Å². The molecular formula is C22H23N2O3PS. The SMILES string of the molecule is CCN1c2ccccc2C(=C(OP(O)O)S/C=C/C=C\C=N/C)c2ccccc21. The summed E-state index contributed by atoms with van der Waals surface area (Å²) in [5.41, 5.74) is 4.97. The van der Waals surface area contributed by atoms with E-state index in [1.807, 2.05) is 60.0 Å². The smallest absolute Gasteiger partial charge is 0.392 e. The first-order valence-electron chi connectivity index (χ1n) is 9.14. The maximum Gasteiger partial charge on any atom is 0.392 e. The van der Waals surface area contributed by atoms with Gasteiger partial charge in [-0.1, -0.05) is 60.3 Å². The Morgan fingerprint density at radius 2 is 1.66 bits per heavy atom. The Morgan fingerprint density at radius 3 is 2.21 bits per heavy atom. The first-order valence-corrected chi connectivity index (χ1v) is 11.2. The van der Waals surface area contributed by atoms with Gasteiger partial charge in [-0.25, -0.2) is 0 Å². The summed E-state index contributed by atoms with van der Waals surface area (Å²) in [6.07, 6.45) is 7.22. The highest BCUT2D eigenvalue weighted by Gasteiger charge is 2.28. The zero-order valence-corrected chi connectivity index (χ0v) is 18.0. The lowest BCUT2D eigenvalue weighted by atomic mass is 9.91. The van der Waals surface area contributed by atoms with E-state index in [-0.39, 0.29) is 0 Å². The molecule has 1 aliphatic heterocycles. The van der Waals surface area contributed by atoms with Gasteiger partial charge >= 0.3 is 8.60 Å². The molecule has 1 aliphatic rings. The third-order valence-electron chi connectivity index (χ3n) is 4.32. The fraction of sp³-hybridized carbons (Fsp3) is 0.136. The Kier molecular flexibility index (Phi) is 7.67. The van der Waals surface area contributed by atoms with Gasteiger partial charge in [-0.3, -0.25) is 4.99 Å². The van der Waals surface area contributed by atoms with E-state index in [9.17, 15) is 9.79 Å². The summed E-state index contributed by atoms with van der Waals surface area (Å²) in [6.45, 7) is 2.94. The molecule has 7 heteroatoms. The summed E-state index contributed by atoms with van der Waals surface area (Å²) >= 11 is 1.31. The van der Waals surface area contributed by atoms with Crippen LogP contribution in [0.25, 0.3) is 5.57 Å². The summed E-state index contributed by atoms with van der Waals surface area (Å²) in [5, 5.41) is 2.30. The molecule has 2 aromatic carbocycles. The van der Waals surface area contributed by atoms with Crippen LogP contribution in [0.15, 0.2) is 82.3 Å². The number of hydrogen-bond acceptors (Lipinski definition) is 6. The molecule has 0 amide bonds. The molecule has 1 heterocycles. The number of fused-ring (bicyclic) bond motifs is 2. The van der Waals surface area contributed by atoms with Crippen LogP contribution in [0.3, 0.4) is 0 Å². The lowest BCUT2D eigenvalue weighted by Crippen LogP contribution is -2.22. The molecule has 0 aliphatic carbocycles. The third kappa shape index (κ3) is 4.98. The van der Waals surface area contributed by atoms with E-state index in [0.717, 1.165) is 34.6 Å². The predicted molar refractivity (Wildman–Crippen MR) is 124 cm³/mol. The number of aliphatic imine (C=N–C) groups is 1. The molecule has 2 N–H and O–H groups in total. The minimum Gasteiger partial charge on any atom is -0.419 e. The Bertz CT molecular complexity index is 921. The predicted octanol–water partition coefficient (Wildman–Crippen LogP) is 5.61. The summed E-state index contributed by atoms with van der Waals surface area (Å²) < 4.78 is 5.50. The third-order valence-corrected chi connectivity index (χ3v) is 5.59. The van der Waals surface area contributed by atoms with E-state index >= 15 is 0 Å². The molecule has 0 atom stereocenters. The normalized spacial score (nSPS) is 13.6. The van der Waals surface area contributed by atoms with E-state index in [0.29, 0.717) is 5.09 Å². The molecule has 0 radical (unpaired) electrons. The van der Waals surface area contributed by atoms with E-state index in [1.54, 1.807) is 13.3 Å². The average Bonchev–Trinajstić information content (AvgIpc) is 2.73. The van der Waals surface area contributed by atoms with Crippen molar-refractivity contribution in [2.24, 2.45) is 4.99 Å². The second-order valence-corrected chi connectivity index (χ2v) is 7.59. The Morgan fingerprint density at radius 1 is 1.03 bits per heavy atom. The number of thioether (sulfide) groups is 1. The van der Waals surface area contributed by atoms with Crippen LogP contribution in [-0.4, -0.2) is 29.6 Å². The molecule has 2 aromatic rings. The van der Waals surface area contributed by atoms with E-state index in [1.165, 1.54) is 11.8 Å². The number of hydrogen-bond donors (Lipinski definition) is 2. The number of anilines is 2. The highest BCUT2D eigenvalue weighted by atomic mass is 32.2. The van der Waals surface area contributed by atoms with Gasteiger partial charge in [0.25, 0.3) is 0 Å². The number of nitrogens with zero attached hydrogens (tertiary/aromatic N) is 2. The zero-order valence-electron chi connectivity index (χ0n) is 16.3. The van der Waals surface area contributed by atoms with Crippen LogP contribution in [0, 0.1) is 0 Å². The Balaban J connectivity index is 2.14. The number of allylic oxidation sites excluding steroid dienone is 3. The highest BCUT2D eigenvalue weighted by Crippen LogP contribution is 2.49. The molecule has 0 bridgehead atoms. The van der Waals surface area contributed by atoms with Crippen LogP contribution in [-0.2, 0) is 4.52 Å². The number of benzene rings is 2. The van der Waals surface area contributed by atoms with Crippen molar-refractivity contribution in [1.82, 2.24) is 0 Å². The second kappa shape index (κ2) is 10.4. The summed E-state index contributed by atoms with van der Waals surface area (Å²) in [5.74, 6) is 0. The number of rotatable bonds is 7. The van der Waals surface area contributed by atoms with Gasteiger partial charge in [0.05, 0.1) is 0 Å². The zero-order chi connectivity index (χ0) is 20.6. The van der Waals surface area contributed by atoms with Gasteiger partial charge in [-0.15, -0.1) is 0 Å². The van der Waals surface area contributed by atoms with Crippen molar-refractivity contribution in [1.29, 1.82) is 0 Å². The standard InChI is InChI=1S/C22H23N2O3PS/c1-3-24-19-13-7-5-11-17(19)21(18-12-6-8-14-20(18)24)22(27-28(25)26)29-16-10-4-9-15-23-2/h4-16,25-26H,3H2,1-2H3/b9-4-,16-10+,23-15-. The van der Waals surface area contributed by atoms with Crippen molar-refractivity contribution in [3.8, 4) is 0 Å². The molecule has 0 saturated carbocycles. The van der Waals surface area contributed by atoms with Crippen LogP contribution in [0.2, 0.25) is 0 Å². The summed E-state index contributed by atoms with van der Waals surface area (Å²) in [7, 11) is -0.844. The fourth-order valence-electron chi connectivity index (χ4n) is 3.22. The van der Waals surface area contributed by atoms with Gasteiger partial charge in [0.1, 0.15) is 0 Å². The van der Waals surface area contributed by atoms with Crippen molar-refractivity contribution in [3.05, 3.63) is 88.4 Å². The molecule has 150 valence electrons. The van der Waals surface area contributed by atoms with Crippen LogP contribution >= 0.6 is 20.4 Å². The van der Waals surface area contributed by atoms with E-state index in [2.05, 4.69) is 28.9 Å². The minimum absolute atomic E-state index is 0.450. The maximum atomic E-state index is 9.60. The van der Waals surface area contributed by atoms with Crippen LogP contribution in [0.4, 0.5) is 11.4 Å². The fourth-order valence-corrected chi connectivity index (χ4v) is 4.47. The van der Waals surface area contributed by atoms with Gasteiger partial charge in [0, 0.05) is 47.9 Å². The van der Waals surface area contributed by atoms with Gasteiger partial charge in [0.2, 0.25) is 0 Å². The average molecular weight is 426 g/mol. The van der Waals surface area contributed by atoms with E-state index < -0.39 is 8.60 Å². The topological polar surface area (TPSA) is 65.3 Å². The monoisotopic (exact) mass is 426 g/mol. The van der Waals surface area contributed by atoms with Gasteiger partial charge < -0.3 is 19.2 Å². The molecular weight excluding hydrogens is 403 g/mol. The van der Waals surface area contributed by atoms with Crippen molar-refractivity contribution >= 4 is 43.5 Å². The molecule has 0 spiro atoms. The molecule has 5 nitrogen and oxygen atoms in total. The molecule has 0 fully saturated rings. The Hall–Kier alpha value is -2.37. The van der Waals surface area contributed by atoms with Crippen LogP contribution in [0.1, 0.15) is 18.1 Å². The molecule has 0 unspecified atom stereocenters. The summed E-state index contributed by atoms with van der Waals surface area (Å²) in [6, 6.07) is 16.2. The van der Waals surface area contributed by atoms with Crippen LogP contribution in [0.5, 0.6) is 0 Å². The van der Waals surface area contributed by atoms with Crippen molar-refractivity contribution in [2.75, 3.05) is 18.5 Å². The first-order chi connectivity index (χ1) is 14.2. The lowest BCUT2D eigenvalue weighted by molar-refractivity contribution is 0.337. The van der Waals surface area contributed by atoms with E-state index in [4.69, 9.17) is 4.52 Å². The second-order valence-electron chi connectivity index (χ2n) is 6.02. The minimum atomic E-state index is -2.55. The molecule has 0 saturated heterocycles. The van der Waals surface area contributed by atoms with Crippen molar-refractivity contribution in [3.63, 3.8) is 0 Å². The molecule has 29 heavy (non-hydrogen) atoms. The first kappa shape index (κ1) is 21.3. The highest BCUT2D eigenvalue weighted by molar-refractivity contribution is 8.05. The largest absolute Gasteiger partial charge is 0.419 e. The van der Waals surface area contributed by atoms with Gasteiger partial charge in [-0.2, -0.15) is 0 Å². The quantitative estimate of drug-likeness (QED) is 0.261. The van der Waals surface area contributed by atoms with Crippen molar-refractivity contribution in [2.45, 2.75) is 6.92 Å². The molecule has 3 rings (SSSR count). The number of para-hydroxylation sites is 2. The van der Waals surface area contributed by atoms with Gasteiger partial charge in [-0.05, 0) is 30.5 Å². The van der Waals surface area contributed by atoms with Gasteiger partial charge in [0.15, 0.2) is 5.09 Å².